The lowest BCUT2D eigenvalue weighted by molar-refractivity contribution is -0.140. The Labute approximate surface area is 247 Å². The molecule has 0 spiro atoms. The summed E-state index contributed by atoms with van der Waals surface area (Å²) >= 11 is 6.47. The number of anilines is 1. The minimum atomic E-state index is -3.97. The maximum Gasteiger partial charge on any atom is 0.244 e. The Morgan fingerprint density at radius 3 is 2.20 bits per heavy atom. The Morgan fingerprint density at radius 2 is 1.61 bits per heavy atom. The molecule has 0 aliphatic heterocycles. The molecule has 2 amide bonds. The van der Waals surface area contributed by atoms with E-state index in [4.69, 9.17) is 21.1 Å². The SMILES string of the molecule is COc1ccc(N(CC(=O)N(Cc2ccccc2Cl)[C@@H](Cc2ccccc2)C(=O)NC(C)C)S(C)(=O)=O)c(OC)c1. The van der Waals surface area contributed by atoms with Crippen molar-refractivity contribution in [1.29, 1.82) is 0 Å². The number of hydrogen-bond donors (Lipinski definition) is 1. The zero-order valence-corrected chi connectivity index (χ0v) is 25.4. The number of rotatable bonds is 13. The van der Waals surface area contributed by atoms with Gasteiger partial charge in [0.05, 0.1) is 26.2 Å². The topological polar surface area (TPSA) is 105 Å². The predicted molar refractivity (Wildman–Crippen MR) is 161 cm³/mol. The van der Waals surface area contributed by atoms with E-state index in [-0.39, 0.29) is 36.4 Å². The van der Waals surface area contributed by atoms with Crippen LogP contribution in [0.15, 0.2) is 72.8 Å². The average molecular weight is 602 g/mol. The number of amides is 2. The van der Waals surface area contributed by atoms with Gasteiger partial charge in [0.1, 0.15) is 24.1 Å². The van der Waals surface area contributed by atoms with Crippen LogP contribution in [0.3, 0.4) is 0 Å². The fraction of sp³-hybridized carbons (Fsp3) is 0.333. The maximum atomic E-state index is 14.2. The number of carbonyl (C=O) groups is 2. The fourth-order valence-electron chi connectivity index (χ4n) is 4.33. The smallest absolute Gasteiger partial charge is 0.244 e. The molecule has 3 aromatic rings. The van der Waals surface area contributed by atoms with Crippen molar-refractivity contribution in [2.75, 3.05) is 31.3 Å². The molecule has 11 heteroatoms. The lowest BCUT2D eigenvalue weighted by Crippen LogP contribution is -2.54. The third-order valence-electron chi connectivity index (χ3n) is 6.34. The van der Waals surface area contributed by atoms with Crippen LogP contribution in [0.25, 0.3) is 0 Å². The highest BCUT2D eigenvalue weighted by molar-refractivity contribution is 7.92. The molecule has 0 saturated heterocycles. The molecule has 3 rings (SSSR count). The second kappa shape index (κ2) is 14.2. The summed E-state index contributed by atoms with van der Waals surface area (Å²) in [6.07, 6.45) is 1.22. The molecular formula is C30H36ClN3O6S. The molecule has 3 aromatic carbocycles. The van der Waals surface area contributed by atoms with Crippen LogP contribution >= 0.6 is 11.6 Å². The molecule has 0 aliphatic carbocycles. The molecular weight excluding hydrogens is 566 g/mol. The number of ether oxygens (including phenoxy) is 2. The van der Waals surface area contributed by atoms with Gasteiger partial charge in [0.15, 0.2) is 0 Å². The molecule has 0 saturated carbocycles. The van der Waals surface area contributed by atoms with Crippen molar-refractivity contribution in [3.05, 3.63) is 88.9 Å². The maximum absolute atomic E-state index is 14.2. The zero-order chi connectivity index (χ0) is 30.2. The first-order valence-corrected chi connectivity index (χ1v) is 15.2. The van der Waals surface area contributed by atoms with Crippen LogP contribution in [0, 0.1) is 0 Å². The summed E-state index contributed by atoms with van der Waals surface area (Å²) in [6.45, 7) is 3.07. The van der Waals surface area contributed by atoms with Crippen LogP contribution in [-0.4, -0.2) is 64.2 Å². The summed E-state index contributed by atoms with van der Waals surface area (Å²) in [6, 6.07) is 19.8. The summed E-state index contributed by atoms with van der Waals surface area (Å²) in [5.74, 6) is -0.289. The van der Waals surface area contributed by atoms with Crippen LogP contribution in [-0.2, 0) is 32.6 Å². The van der Waals surface area contributed by atoms with Crippen molar-refractivity contribution in [1.82, 2.24) is 10.2 Å². The van der Waals surface area contributed by atoms with Crippen molar-refractivity contribution in [2.45, 2.75) is 38.9 Å². The normalized spacial score (nSPS) is 12.0. The van der Waals surface area contributed by atoms with Gasteiger partial charge in [-0.05, 0) is 43.2 Å². The van der Waals surface area contributed by atoms with Gasteiger partial charge in [0.25, 0.3) is 0 Å². The van der Waals surface area contributed by atoms with E-state index in [0.29, 0.717) is 16.3 Å². The highest BCUT2D eigenvalue weighted by atomic mass is 35.5. The number of methoxy groups -OCH3 is 2. The highest BCUT2D eigenvalue weighted by Gasteiger charge is 2.34. The minimum absolute atomic E-state index is 0.0150. The van der Waals surface area contributed by atoms with E-state index in [1.54, 1.807) is 30.3 Å². The van der Waals surface area contributed by atoms with E-state index < -0.39 is 28.5 Å². The van der Waals surface area contributed by atoms with Crippen molar-refractivity contribution < 1.29 is 27.5 Å². The Kier molecular flexibility index (Phi) is 11.0. The minimum Gasteiger partial charge on any atom is -0.497 e. The first-order chi connectivity index (χ1) is 19.4. The number of carbonyl (C=O) groups excluding carboxylic acids is 2. The summed E-state index contributed by atoms with van der Waals surface area (Å²) in [4.78, 5) is 29.2. The third kappa shape index (κ3) is 8.61. The number of nitrogens with zero attached hydrogens (tertiary/aromatic N) is 2. The largest absolute Gasteiger partial charge is 0.497 e. The van der Waals surface area contributed by atoms with Crippen molar-refractivity contribution in [2.24, 2.45) is 0 Å². The van der Waals surface area contributed by atoms with Gasteiger partial charge in [-0.2, -0.15) is 0 Å². The molecule has 0 bridgehead atoms. The quantitative estimate of drug-likeness (QED) is 0.313. The van der Waals surface area contributed by atoms with Crippen LogP contribution in [0.5, 0.6) is 11.5 Å². The van der Waals surface area contributed by atoms with E-state index in [9.17, 15) is 18.0 Å². The Hall–Kier alpha value is -3.76. The monoisotopic (exact) mass is 601 g/mol. The number of nitrogens with one attached hydrogen (secondary N) is 1. The van der Waals surface area contributed by atoms with Gasteiger partial charge in [0.2, 0.25) is 21.8 Å². The Bertz CT molecular complexity index is 1450. The van der Waals surface area contributed by atoms with Gasteiger partial charge in [-0.3, -0.25) is 13.9 Å². The number of benzene rings is 3. The van der Waals surface area contributed by atoms with Crippen LogP contribution in [0.2, 0.25) is 5.02 Å². The first-order valence-electron chi connectivity index (χ1n) is 13.0. The molecule has 0 unspecified atom stereocenters. The summed E-state index contributed by atoms with van der Waals surface area (Å²) in [5.41, 5.74) is 1.61. The molecule has 0 aliphatic rings. The lowest BCUT2D eigenvalue weighted by Gasteiger charge is -2.34. The second-order valence-corrected chi connectivity index (χ2v) is 12.1. The molecule has 1 N–H and O–H groups in total. The van der Waals surface area contributed by atoms with Gasteiger partial charge in [0, 0.05) is 30.1 Å². The summed E-state index contributed by atoms with van der Waals surface area (Å²) < 4.78 is 37.7. The summed E-state index contributed by atoms with van der Waals surface area (Å²) in [7, 11) is -1.09. The summed E-state index contributed by atoms with van der Waals surface area (Å²) in [5, 5.41) is 3.33. The molecule has 220 valence electrons. The van der Waals surface area contributed by atoms with Crippen LogP contribution in [0.1, 0.15) is 25.0 Å². The van der Waals surface area contributed by atoms with E-state index in [2.05, 4.69) is 5.32 Å². The molecule has 9 nitrogen and oxygen atoms in total. The standard InChI is InChI=1S/C30H36ClN3O6S/c1-21(2)32-30(36)27(17-22-11-7-6-8-12-22)33(19-23-13-9-10-14-25(23)31)29(35)20-34(41(5,37)38)26-16-15-24(39-3)18-28(26)40-4/h6-16,18,21,27H,17,19-20H2,1-5H3,(H,32,36)/t27-/m0/s1. The number of halogens is 1. The van der Waals surface area contributed by atoms with Crippen molar-refractivity contribution >= 4 is 39.1 Å². The van der Waals surface area contributed by atoms with E-state index in [0.717, 1.165) is 16.1 Å². The van der Waals surface area contributed by atoms with Crippen LogP contribution < -0.4 is 19.1 Å². The molecule has 0 heterocycles. The molecule has 41 heavy (non-hydrogen) atoms. The first kappa shape index (κ1) is 31.8. The Balaban J connectivity index is 2.10. The molecule has 0 radical (unpaired) electrons. The molecule has 0 fully saturated rings. The highest BCUT2D eigenvalue weighted by Crippen LogP contribution is 2.34. The zero-order valence-electron chi connectivity index (χ0n) is 23.8. The lowest BCUT2D eigenvalue weighted by atomic mass is 10.0. The van der Waals surface area contributed by atoms with E-state index in [1.165, 1.54) is 31.3 Å². The average Bonchev–Trinajstić information content (AvgIpc) is 2.93. The fourth-order valence-corrected chi connectivity index (χ4v) is 5.38. The predicted octanol–water partition coefficient (Wildman–Crippen LogP) is 4.29. The number of hydrogen-bond acceptors (Lipinski definition) is 6. The van der Waals surface area contributed by atoms with Crippen molar-refractivity contribution in [3.8, 4) is 11.5 Å². The Morgan fingerprint density at radius 1 is 0.951 bits per heavy atom. The van der Waals surface area contributed by atoms with Gasteiger partial charge < -0.3 is 19.7 Å². The molecule has 0 aromatic heterocycles. The van der Waals surface area contributed by atoms with Crippen LogP contribution in [0.4, 0.5) is 5.69 Å². The van der Waals surface area contributed by atoms with Crippen molar-refractivity contribution in [3.63, 3.8) is 0 Å². The van der Waals surface area contributed by atoms with Gasteiger partial charge >= 0.3 is 0 Å². The van der Waals surface area contributed by atoms with Gasteiger partial charge in [-0.1, -0.05) is 60.1 Å². The third-order valence-corrected chi connectivity index (χ3v) is 7.83. The van der Waals surface area contributed by atoms with Gasteiger partial charge in [-0.15, -0.1) is 0 Å². The van der Waals surface area contributed by atoms with E-state index in [1.807, 2.05) is 44.2 Å². The molecule has 1 atom stereocenters. The van der Waals surface area contributed by atoms with E-state index >= 15 is 0 Å². The van der Waals surface area contributed by atoms with Gasteiger partial charge in [-0.25, -0.2) is 8.42 Å². The number of sulfonamides is 1. The second-order valence-electron chi connectivity index (χ2n) is 9.79.